The molecule has 10 heteroatoms. The molecule has 154 valence electrons. The molecule has 3 atom stereocenters. The molecule has 0 aliphatic rings. The number of H-pyrrole nitrogens is 1. The summed E-state index contributed by atoms with van der Waals surface area (Å²) in [6, 6.07) is 6.19. The molecule has 0 saturated heterocycles. The Balaban J connectivity index is 2.15. The van der Waals surface area contributed by atoms with E-state index in [0.29, 0.717) is 6.21 Å². The highest BCUT2D eigenvalue weighted by Gasteiger charge is 2.33. The number of aliphatic carboxylic acids is 1. The van der Waals surface area contributed by atoms with E-state index < -0.39 is 40.1 Å². The number of carbonyl (C=O) groups excluding carboxylic acids is 2. The van der Waals surface area contributed by atoms with E-state index in [0.717, 1.165) is 16.5 Å². The maximum Gasteiger partial charge on any atom is 0.326 e. The van der Waals surface area contributed by atoms with Crippen LogP contribution in [0, 0.1) is 0 Å². The van der Waals surface area contributed by atoms with Gasteiger partial charge >= 0.3 is 12.2 Å². The second kappa shape index (κ2) is 10.6. The summed E-state index contributed by atoms with van der Waals surface area (Å²) in [4.78, 5) is 41.3. The SMILES string of the molecule is CC[S+]([O-])[C@@H](Cc1c[nH]c2ccccc12)C(=O)N[C@@H](CCC(=O)C=[N+]=[N-])C(=O)O. The van der Waals surface area contributed by atoms with Crippen LogP contribution in [0.3, 0.4) is 0 Å². The molecule has 1 aromatic heterocycles. The molecule has 9 nitrogen and oxygen atoms in total. The molecule has 0 saturated carbocycles. The highest BCUT2D eigenvalue weighted by molar-refractivity contribution is 7.92. The molecule has 3 N–H and O–H groups in total. The Bertz CT molecular complexity index is 938. The normalized spacial score (nSPS) is 13.9. The van der Waals surface area contributed by atoms with Gasteiger partial charge in [0.2, 0.25) is 5.78 Å². The number of hydrogen-bond donors (Lipinski definition) is 3. The number of benzene rings is 1. The summed E-state index contributed by atoms with van der Waals surface area (Å²) in [7, 11) is 0. The monoisotopic (exact) mass is 418 g/mol. The first-order valence-electron chi connectivity index (χ1n) is 9.03. The molecule has 0 spiro atoms. The molecule has 29 heavy (non-hydrogen) atoms. The Hall–Kier alpha value is -2.94. The van der Waals surface area contributed by atoms with Crippen molar-refractivity contribution < 1.29 is 28.8 Å². The predicted molar refractivity (Wildman–Crippen MR) is 108 cm³/mol. The lowest BCUT2D eigenvalue weighted by Gasteiger charge is -2.22. The fraction of sp³-hybridized carbons (Fsp3) is 0.368. The van der Waals surface area contributed by atoms with Gasteiger partial charge in [-0.25, -0.2) is 4.79 Å². The third kappa shape index (κ3) is 6.02. The van der Waals surface area contributed by atoms with E-state index in [1.807, 2.05) is 24.3 Å². The quantitative estimate of drug-likeness (QED) is 0.215. The van der Waals surface area contributed by atoms with Crippen LogP contribution < -0.4 is 5.32 Å². The molecule has 0 fully saturated rings. The van der Waals surface area contributed by atoms with E-state index in [2.05, 4.69) is 15.1 Å². The van der Waals surface area contributed by atoms with Crippen LogP contribution in [-0.4, -0.2) is 60.4 Å². The summed E-state index contributed by atoms with van der Waals surface area (Å²) < 4.78 is 12.5. The number of hydrogen-bond acceptors (Lipinski definition) is 4. The van der Waals surface area contributed by atoms with Crippen LogP contribution in [0.4, 0.5) is 0 Å². The summed E-state index contributed by atoms with van der Waals surface area (Å²) >= 11 is -1.51. The van der Waals surface area contributed by atoms with Crippen molar-refractivity contribution in [3.05, 3.63) is 41.6 Å². The van der Waals surface area contributed by atoms with Gasteiger partial charge in [0.25, 0.3) is 5.91 Å². The number of amides is 1. The number of Topliss-reactive ketones (excluding diaryl/α,β-unsaturated/α-hetero) is 1. The van der Waals surface area contributed by atoms with Crippen molar-refractivity contribution in [2.75, 3.05) is 5.75 Å². The second-order valence-electron chi connectivity index (χ2n) is 6.37. The van der Waals surface area contributed by atoms with E-state index in [-0.39, 0.29) is 25.0 Å². The fourth-order valence-electron chi connectivity index (χ4n) is 2.94. The van der Waals surface area contributed by atoms with E-state index in [1.54, 1.807) is 13.1 Å². The number of nitrogens with one attached hydrogen (secondary N) is 2. The van der Waals surface area contributed by atoms with E-state index in [9.17, 15) is 24.0 Å². The van der Waals surface area contributed by atoms with Crippen LogP contribution in [0.5, 0.6) is 0 Å². The fourth-order valence-corrected chi connectivity index (χ4v) is 4.02. The van der Waals surface area contributed by atoms with Crippen LogP contribution in [0.25, 0.3) is 16.4 Å². The number of fused-ring (bicyclic) bond motifs is 1. The van der Waals surface area contributed by atoms with Gasteiger partial charge in [-0.1, -0.05) is 18.2 Å². The van der Waals surface area contributed by atoms with Gasteiger partial charge in [0.15, 0.2) is 5.25 Å². The molecular weight excluding hydrogens is 396 g/mol. The molecule has 2 rings (SSSR count). The lowest BCUT2D eigenvalue weighted by Crippen LogP contribution is -2.49. The Morgan fingerprint density at radius 2 is 2.10 bits per heavy atom. The largest absolute Gasteiger partial charge is 0.616 e. The van der Waals surface area contributed by atoms with Crippen LogP contribution >= 0.6 is 0 Å². The summed E-state index contributed by atoms with van der Waals surface area (Å²) in [6.07, 6.45) is 2.21. The topological polar surface area (TPSA) is 159 Å². The van der Waals surface area contributed by atoms with Crippen molar-refractivity contribution >= 4 is 46.0 Å². The first kappa shape index (κ1) is 22.4. The molecule has 1 unspecified atom stereocenters. The predicted octanol–water partition coefficient (Wildman–Crippen LogP) is 1.07. The Labute approximate surface area is 170 Å². The minimum Gasteiger partial charge on any atom is -0.616 e. The smallest absolute Gasteiger partial charge is 0.326 e. The van der Waals surface area contributed by atoms with Gasteiger partial charge in [-0.05, 0) is 36.2 Å². The van der Waals surface area contributed by atoms with Gasteiger partial charge in [-0.2, -0.15) is 4.79 Å². The summed E-state index contributed by atoms with van der Waals surface area (Å²) in [5, 5.41) is 11.7. The first-order valence-corrected chi connectivity index (χ1v) is 10.4. The molecule has 1 amide bonds. The summed E-state index contributed by atoms with van der Waals surface area (Å²) in [6.45, 7) is 1.69. The number of ketones is 1. The number of aromatic nitrogens is 1. The first-order chi connectivity index (χ1) is 13.9. The van der Waals surface area contributed by atoms with E-state index in [1.165, 1.54) is 0 Å². The highest BCUT2D eigenvalue weighted by atomic mass is 32.2. The average molecular weight is 418 g/mol. The number of nitrogens with zero attached hydrogens (tertiary/aromatic N) is 2. The lowest BCUT2D eigenvalue weighted by atomic mass is 10.1. The Morgan fingerprint density at radius 3 is 2.76 bits per heavy atom. The second-order valence-corrected chi connectivity index (χ2v) is 8.28. The van der Waals surface area contributed by atoms with Gasteiger partial charge in [-0.15, -0.1) is 0 Å². The Morgan fingerprint density at radius 1 is 1.38 bits per heavy atom. The molecule has 0 radical (unpaired) electrons. The zero-order valence-electron chi connectivity index (χ0n) is 15.8. The number of carboxylic acid groups (broad SMARTS) is 1. The molecule has 2 aromatic rings. The summed E-state index contributed by atoms with van der Waals surface area (Å²) in [5.74, 6) is -2.28. The van der Waals surface area contributed by atoms with Crippen LogP contribution in [0.2, 0.25) is 0 Å². The van der Waals surface area contributed by atoms with Gasteiger partial charge in [-0.3, -0.25) is 9.59 Å². The van der Waals surface area contributed by atoms with Crippen molar-refractivity contribution in [2.24, 2.45) is 0 Å². The van der Waals surface area contributed by atoms with E-state index in [4.69, 9.17) is 5.53 Å². The minimum absolute atomic E-state index is 0.176. The average Bonchev–Trinajstić information content (AvgIpc) is 3.11. The number of aromatic amines is 1. The third-order valence-corrected chi connectivity index (χ3v) is 6.05. The van der Waals surface area contributed by atoms with Gasteiger partial charge in [0.1, 0.15) is 11.8 Å². The maximum atomic E-state index is 12.8. The Kier molecular flexibility index (Phi) is 8.14. The van der Waals surface area contributed by atoms with Crippen LogP contribution in [-0.2, 0) is 32.0 Å². The third-order valence-electron chi connectivity index (χ3n) is 4.47. The molecule has 1 aromatic carbocycles. The van der Waals surface area contributed by atoms with E-state index >= 15 is 0 Å². The lowest BCUT2D eigenvalue weighted by molar-refractivity contribution is -0.142. The number of rotatable bonds is 11. The van der Waals surface area contributed by atoms with Gasteiger partial charge in [0.05, 0.1) is 0 Å². The minimum atomic E-state index is -1.51. The van der Waals surface area contributed by atoms with Crippen molar-refractivity contribution in [2.45, 2.75) is 37.5 Å². The highest BCUT2D eigenvalue weighted by Crippen LogP contribution is 2.21. The number of carbonyl (C=O) groups is 3. The zero-order chi connectivity index (χ0) is 21.4. The number of carboxylic acids is 1. The molecule has 0 aliphatic carbocycles. The molecule has 0 bridgehead atoms. The van der Waals surface area contributed by atoms with Crippen LogP contribution in [0.15, 0.2) is 30.5 Å². The molecular formula is C19H22N4O5S. The standard InChI is InChI=1S/C19H22N4O5S/c1-2-29(28)17(9-12-10-21-15-6-4-3-5-14(12)15)18(25)23-16(19(26)27)8-7-13(24)11-22-20/h3-6,10-11,16-17,21H,2,7-9H2,1H3,(H,23,25)(H,26,27)/t16-,17-,29?/m0/s1. The van der Waals surface area contributed by atoms with Crippen molar-refractivity contribution in [1.29, 1.82) is 0 Å². The zero-order valence-corrected chi connectivity index (χ0v) is 16.6. The summed E-state index contributed by atoms with van der Waals surface area (Å²) in [5.41, 5.74) is 10.0. The molecule has 1 heterocycles. The van der Waals surface area contributed by atoms with Crippen LogP contribution in [0.1, 0.15) is 25.3 Å². The maximum absolute atomic E-state index is 12.8. The van der Waals surface area contributed by atoms with Crippen molar-refractivity contribution in [1.82, 2.24) is 10.3 Å². The van der Waals surface area contributed by atoms with Crippen molar-refractivity contribution in [3.63, 3.8) is 0 Å². The van der Waals surface area contributed by atoms with Gasteiger partial charge in [0, 0.05) is 29.9 Å². The van der Waals surface area contributed by atoms with Gasteiger partial charge < -0.3 is 25.5 Å². The molecule has 0 aliphatic heterocycles. The number of para-hydroxylation sites is 1. The van der Waals surface area contributed by atoms with Crippen molar-refractivity contribution in [3.8, 4) is 0 Å².